The van der Waals surface area contributed by atoms with Gasteiger partial charge in [-0.05, 0) is 36.4 Å². The maximum atomic E-state index is 12.1. The van der Waals surface area contributed by atoms with Gasteiger partial charge >= 0.3 is 0 Å². The summed E-state index contributed by atoms with van der Waals surface area (Å²) in [7, 11) is 0. The molecule has 0 radical (unpaired) electrons. The predicted octanol–water partition coefficient (Wildman–Crippen LogP) is 1.92. The zero-order chi connectivity index (χ0) is 18.2. The number of amides is 2. The van der Waals surface area contributed by atoms with Crippen molar-refractivity contribution in [2.75, 3.05) is 11.1 Å². The average Bonchev–Trinajstić information content (AvgIpc) is 2.63. The predicted molar refractivity (Wildman–Crippen MR) is 91.8 cm³/mol. The molecule has 0 heterocycles. The third-order valence-corrected chi connectivity index (χ3v) is 3.18. The van der Waals surface area contributed by atoms with Crippen molar-refractivity contribution >= 4 is 23.2 Å². The molecule has 0 atom stereocenters. The first kappa shape index (κ1) is 17.3. The van der Waals surface area contributed by atoms with Gasteiger partial charge in [0.1, 0.15) is 17.7 Å². The Balaban J connectivity index is 2.10. The van der Waals surface area contributed by atoms with Crippen LogP contribution >= 0.6 is 0 Å². The molecule has 0 saturated carbocycles. The van der Waals surface area contributed by atoms with E-state index in [-0.39, 0.29) is 16.8 Å². The quantitative estimate of drug-likeness (QED) is 0.447. The molecule has 2 aromatic rings. The summed E-state index contributed by atoms with van der Waals surface area (Å²) in [5, 5.41) is 22.9. The third kappa shape index (κ3) is 4.44. The molecule has 2 amide bonds. The summed E-state index contributed by atoms with van der Waals surface area (Å²) in [6.07, 6.45) is 1.02. The minimum absolute atomic E-state index is 0.263. The molecule has 4 N–H and O–H groups in total. The van der Waals surface area contributed by atoms with E-state index < -0.39 is 11.8 Å². The number of nitriles is 2. The number of para-hydroxylation sites is 1. The normalized spacial score (nSPS) is 10.2. The van der Waals surface area contributed by atoms with Crippen LogP contribution in [0.3, 0.4) is 0 Å². The van der Waals surface area contributed by atoms with Gasteiger partial charge in [0.2, 0.25) is 0 Å². The lowest BCUT2D eigenvalue weighted by molar-refractivity contribution is -0.112. The summed E-state index contributed by atoms with van der Waals surface area (Å²) >= 11 is 0. The molecule has 7 nitrogen and oxygen atoms in total. The molecule has 0 unspecified atom stereocenters. The summed E-state index contributed by atoms with van der Waals surface area (Å²) in [6, 6.07) is 16.2. The number of hydrogen-bond donors (Lipinski definition) is 3. The van der Waals surface area contributed by atoms with E-state index in [0.717, 1.165) is 6.20 Å². The van der Waals surface area contributed by atoms with Gasteiger partial charge in [-0.25, -0.2) is 0 Å². The SMILES string of the molecule is N#C/C(=C/NC(=O)c1ccc(N)cc1)C(=O)Nc1ccccc1C#N. The average molecular weight is 331 g/mol. The van der Waals surface area contributed by atoms with Crippen molar-refractivity contribution in [2.45, 2.75) is 0 Å². The lowest BCUT2D eigenvalue weighted by Gasteiger charge is -2.06. The van der Waals surface area contributed by atoms with Crippen molar-refractivity contribution in [1.29, 1.82) is 10.5 Å². The first-order valence-corrected chi connectivity index (χ1v) is 7.12. The number of carbonyl (C=O) groups is 2. The number of benzene rings is 2. The van der Waals surface area contributed by atoms with Crippen LogP contribution in [0, 0.1) is 22.7 Å². The lowest BCUT2D eigenvalue weighted by atomic mass is 10.2. The molecule has 0 bridgehead atoms. The van der Waals surface area contributed by atoms with Crippen LogP contribution in [0.5, 0.6) is 0 Å². The molecule has 122 valence electrons. The first-order chi connectivity index (χ1) is 12.0. The van der Waals surface area contributed by atoms with E-state index in [9.17, 15) is 9.59 Å². The van der Waals surface area contributed by atoms with Crippen LogP contribution in [0.2, 0.25) is 0 Å². The Hall–Kier alpha value is -4.10. The molecule has 0 aliphatic heterocycles. The highest BCUT2D eigenvalue weighted by Crippen LogP contribution is 2.14. The zero-order valence-electron chi connectivity index (χ0n) is 13.0. The van der Waals surface area contributed by atoms with Crippen molar-refractivity contribution in [3.05, 3.63) is 71.4 Å². The van der Waals surface area contributed by atoms with Crippen LogP contribution < -0.4 is 16.4 Å². The highest BCUT2D eigenvalue weighted by Gasteiger charge is 2.12. The number of nitrogens with two attached hydrogens (primary N) is 1. The van der Waals surface area contributed by atoms with E-state index in [1.807, 2.05) is 6.07 Å². The van der Waals surface area contributed by atoms with Crippen LogP contribution in [0.4, 0.5) is 11.4 Å². The Morgan fingerprint density at radius 3 is 2.36 bits per heavy atom. The minimum Gasteiger partial charge on any atom is -0.399 e. The molecule has 0 fully saturated rings. The minimum atomic E-state index is -0.734. The Morgan fingerprint density at radius 1 is 1.04 bits per heavy atom. The number of nitrogen functional groups attached to an aromatic ring is 1. The van der Waals surface area contributed by atoms with Crippen molar-refractivity contribution in [1.82, 2.24) is 5.32 Å². The second-order valence-corrected chi connectivity index (χ2v) is 4.88. The van der Waals surface area contributed by atoms with Crippen molar-refractivity contribution in [3.8, 4) is 12.1 Å². The fourth-order valence-electron chi connectivity index (χ4n) is 1.88. The summed E-state index contributed by atoms with van der Waals surface area (Å²) in [4.78, 5) is 24.1. The Labute approximate surface area is 144 Å². The van der Waals surface area contributed by atoms with Gasteiger partial charge in [0.05, 0.1) is 11.3 Å². The molecule has 0 saturated heterocycles. The van der Waals surface area contributed by atoms with E-state index >= 15 is 0 Å². The number of rotatable bonds is 4. The van der Waals surface area contributed by atoms with Gasteiger partial charge in [-0.1, -0.05) is 12.1 Å². The van der Waals surface area contributed by atoms with E-state index in [4.69, 9.17) is 16.3 Å². The fraction of sp³-hybridized carbons (Fsp3) is 0. The molecule has 0 spiro atoms. The molecule has 7 heteroatoms. The smallest absolute Gasteiger partial charge is 0.267 e. The van der Waals surface area contributed by atoms with Crippen molar-refractivity contribution in [3.63, 3.8) is 0 Å². The van der Waals surface area contributed by atoms with E-state index in [1.165, 1.54) is 18.2 Å². The zero-order valence-corrected chi connectivity index (χ0v) is 13.0. The van der Waals surface area contributed by atoms with Gasteiger partial charge in [-0.2, -0.15) is 10.5 Å². The Morgan fingerprint density at radius 2 is 1.72 bits per heavy atom. The van der Waals surface area contributed by atoms with Crippen molar-refractivity contribution in [2.24, 2.45) is 0 Å². The van der Waals surface area contributed by atoms with Crippen LogP contribution in [-0.4, -0.2) is 11.8 Å². The van der Waals surface area contributed by atoms with Gasteiger partial charge in [-0.15, -0.1) is 0 Å². The molecule has 25 heavy (non-hydrogen) atoms. The van der Waals surface area contributed by atoms with Crippen LogP contribution in [0.15, 0.2) is 60.3 Å². The number of anilines is 2. The van der Waals surface area contributed by atoms with E-state index in [1.54, 1.807) is 36.4 Å². The van der Waals surface area contributed by atoms with Crippen LogP contribution in [0.25, 0.3) is 0 Å². The molecular weight excluding hydrogens is 318 g/mol. The second-order valence-electron chi connectivity index (χ2n) is 4.88. The Kier molecular flexibility index (Phi) is 5.49. The number of hydrogen-bond acceptors (Lipinski definition) is 5. The number of nitrogens with zero attached hydrogens (tertiary/aromatic N) is 2. The van der Waals surface area contributed by atoms with E-state index in [0.29, 0.717) is 11.3 Å². The van der Waals surface area contributed by atoms with Gasteiger partial charge in [0.25, 0.3) is 11.8 Å². The molecule has 0 aromatic heterocycles. The van der Waals surface area contributed by atoms with Gasteiger partial charge in [0.15, 0.2) is 0 Å². The summed E-state index contributed by atoms with van der Waals surface area (Å²) < 4.78 is 0. The van der Waals surface area contributed by atoms with Gasteiger partial charge in [-0.3, -0.25) is 9.59 Å². The van der Waals surface area contributed by atoms with Gasteiger partial charge < -0.3 is 16.4 Å². The first-order valence-electron chi connectivity index (χ1n) is 7.12. The molecular formula is C18H13N5O2. The van der Waals surface area contributed by atoms with E-state index in [2.05, 4.69) is 10.6 Å². The summed E-state index contributed by atoms with van der Waals surface area (Å²) in [6.45, 7) is 0. The maximum Gasteiger partial charge on any atom is 0.267 e. The van der Waals surface area contributed by atoms with Crippen LogP contribution in [0.1, 0.15) is 15.9 Å². The maximum absolute atomic E-state index is 12.1. The van der Waals surface area contributed by atoms with Crippen LogP contribution in [-0.2, 0) is 4.79 Å². The topological polar surface area (TPSA) is 132 Å². The second kappa shape index (κ2) is 7.95. The largest absolute Gasteiger partial charge is 0.399 e. The summed E-state index contributed by atoms with van der Waals surface area (Å²) in [5.74, 6) is -1.22. The lowest BCUT2D eigenvalue weighted by Crippen LogP contribution is -2.21. The van der Waals surface area contributed by atoms with Gasteiger partial charge in [0, 0.05) is 17.5 Å². The monoisotopic (exact) mass is 331 g/mol. The Bertz CT molecular complexity index is 918. The highest BCUT2D eigenvalue weighted by atomic mass is 16.2. The summed E-state index contributed by atoms with van der Waals surface area (Å²) in [5.41, 5.74) is 6.62. The number of carbonyl (C=O) groups excluding carboxylic acids is 2. The molecule has 0 aliphatic rings. The number of nitrogens with one attached hydrogen (secondary N) is 2. The standard InChI is InChI=1S/C18H13N5O2/c19-9-13-3-1-2-4-16(13)23-18(25)14(10-20)11-22-17(24)12-5-7-15(21)8-6-12/h1-8,11H,21H2,(H,22,24)(H,23,25)/b14-11-. The molecule has 2 rings (SSSR count). The fourth-order valence-corrected chi connectivity index (χ4v) is 1.88. The molecule has 2 aromatic carbocycles. The highest BCUT2D eigenvalue weighted by molar-refractivity contribution is 6.07. The molecule has 0 aliphatic carbocycles. The third-order valence-electron chi connectivity index (χ3n) is 3.18. The van der Waals surface area contributed by atoms with Crippen molar-refractivity contribution < 1.29 is 9.59 Å².